The molecule has 0 saturated carbocycles. The molecule has 2 N–H and O–H groups in total. The molecule has 3 heterocycles. The van der Waals surface area contributed by atoms with Crippen LogP contribution in [0, 0.1) is 17.8 Å². The van der Waals surface area contributed by atoms with Gasteiger partial charge in [0.15, 0.2) is 0 Å². The molecule has 1 amide bonds. The third-order valence-corrected chi connectivity index (χ3v) is 7.31. The molecule has 26 heavy (non-hydrogen) atoms. The first-order valence-corrected chi connectivity index (χ1v) is 10.5. The third kappa shape index (κ3) is 3.43. The summed E-state index contributed by atoms with van der Waals surface area (Å²) in [6.07, 6.45) is 3.88. The van der Waals surface area contributed by atoms with Gasteiger partial charge in [-0.25, -0.2) is 4.79 Å². The lowest BCUT2D eigenvalue weighted by atomic mass is 9.73. The SMILES string of the molecule is CC(=O)C[C@H](C)[C@H]1C(=O)N2C(C(=O)O)=C(SC[C@@H]3CCCCN3)[C@H](C)[C@H]12. The molecule has 0 aromatic rings. The third-order valence-electron chi connectivity index (χ3n) is 5.87. The minimum absolute atomic E-state index is 0.00630. The van der Waals surface area contributed by atoms with Crippen LogP contribution in [-0.4, -0.2) is 52.0 Å². The molecule has 6 nitrogen and oxygen atoms in total. The van der Waals surface area contributed by atoms with Gasteiger partial charge in [-0.1, -0.05) is 20.3 Å². The lowest BCUT2D eigenvalue weighted by Gasteiger charge is -2.47. The highest BCUT2D eigenvalue weighted by molar-refractivity contribution is 8.03. The fraction of sp³-hybridized carbons (Fsp3) is 0.737. The predicted octanol–water partition coefficient (Wildman–Crippen LogP) is 2.25. The minimum Gasteiger partial charge on any atom is -0.477 e. The van der Waals surface area contributed by atoms with Crippen molar-refractivity contribution >= 4 is 29.4 Å². The van der Waals surface area contributed by atoms with Gasteiger partial charge in [0, 0.05) is 29.0 Å². The number of carboxylic acids is 1. The van der Waals surface area contributed by atoms with Gasteiger partial charge in [-0.2, -0.15) is 0 Å². The maximum atomic E-state index is 12.7. The average Bonchev–Trinajstić information content (AvgIpc) is 2.82. The maximum absolute atomic E-state index is 12.7. The number of nitrogens with one attached hydrogen (secondary N) is 1. The van der Waals surface area contributed by atoms with Crippen molar-refractivity contribution < 1.29 is 19.5 Å². The van der Waals surface area contributed by atoms with Crippen molar-refractivity contribution in [1.29, 1.82) is 0 Å². The Hall–Kier alpha value is -1.34. The van der Waals surface area contributed by atoms with Gasteiger partial charge in [0.2, 0.25) is 5.91 Å². The van der Waals surface area contributed by atoms with E-state index >= 15 is 0 Å². The molecule has 7 heteroatoms. The number of amides is 1. The van der Waals surface area contributed by atoms with Crippen LogP contribution in [-0.2, 0) is 14.4 Å². The topological polar surface area (TPSA) is 86.7 Å². The lowest BCUT2D eigenvalue weighted by molar-refractivity contribution is -0.160. The molecular formula is C19H28N2O4S. The number of fused-ring (bicyclic) bond motifs is 1. The summed E-state index contributed by atoms with van der Waals surface area (Å²) < 4.78 is 0. The molecule has 3 aliphatic rings. The van der Waals surface area contributed by atoms with Crippen molar-refractivity contribution in [1.82, 2.24) is 10.2 Å². The molecule has 0 aromatic carbocycles. The number of carbonyl (C=O) groups is 3. The molecule has 0 aromatic heterocycles. The standard InChI is InChI=1S/C19H28N2O4S/c1-10(8-11(2)22)14-15-12(3)17(16(19(24)25)21(15)18(14)23)26-9-13-6-4-5-7-20-13/h10,12-15,20H,4-9H2,1-3H3,(H,24,25)/t10-,12+,13-,14+,15+/m0/s1. The van der Waals surface area contributed by atoms with E-state index in [2.05, 4.69) is 5.32 Å². The summed E-state index contributed by atoms with van der Waals surface area (Å²) in [4.78, 5) is 38.3. The first-order chi connectivity index (χ1) is 12.3. The fourth-order valence-corrected chi connectivity index (χ4v) is 6.03. The van der Waals surface area contributed by atoms with Gasteiger partial charge in [-0.15, -0.1) is 11.8 Å². The van der Waals surface area contributed by atoms with Crippen molar-refractivity contribution in [3.63, 3.8) is 0 Å². The van der Waals surface area contributed by atoms with Crippen LogP contribution < -0.4 is 5.32 Å². The number of carboxylic acid groups (broad SMARTS) is 1. The van der Waals surface area contributed by atoms with E-state index in [1.54, 1.807) is 11.8 Å². The normalized spacial score (nSPS) is 32.3. The Morgan fingerprint density at radius 1 is 1.38 bits per heavy atom. The lowest BCUT2D eigenvalue weighted by Crippen LogP contribution is -2.62. The van der Waals surface area contributed by atoms with E-state index in [0.29, 0.717) is 12.5 Å². The number of rotatable bonds is 7. The number of Topliss-reactive ketones (excluding diaryl/α,β-unsaturated/α-hetero) is 1. The minimum atomic E-state index is -1.02. The Labute approximate surface area is 158 Å². The molecule has 0 aliphatic carbocycles. The second kappa shape index (κ2) is 7.72. The molecule has 2 fully saturated rings. The number of hydrogen-bond donors (Lipinski definition) is 2. The fourth-order valence-electron chi connectivity index (χ4n) is 4.64. The molecule has 2 saturated heterocycles. The Kier molecular flexibility index (Phi) is 5.77. The largest absolute Gasteiger partial charge is 0.477 e. The van der Waals surface area contributed by atoms with Gasteiger partial charge in [0.05, 0.1) is 12.0 Å². The van der Waals surface area contributed by atoms with Gasteiger partial charge in [-0.05, 0) is 32.2 Å². The summed E-state index contributed by atoms with van der Waals surface area (Å²) in [5.74, 6) is -0.564. The van der Waals surface area contributed by atoms with E-state index in [0.717, 1.165) is 23.6 Å². The van der Waals surface area contributed by atoms with Crippen LogP contribution in [0.25, 0.3) is 0 Å². The molecule has 0 unspecified atom stereocenters. The quantitative estimate of drug-likeness (QED) is 0.659. The first-order valence-electron chi connectivity index (χ1n) is 9.49. The summed E-state index contributed by atoms with van der Waals surface area (Å²) in [7, 11) is 0. The molecule has 0 spiro atoms. The van der Waals surface area contributed by atoms with Crippen molar-refractivity contribution in [3.05, 3.63) is 10.6 Å². The van der Waals surface area contributed by atoms with Crippen LogP contribution in [0.3, 0.4) is 0 Å². The van der Waals surface area contributed by atoms with Crippen LogP contribution in [0.2, 0.25) is 0 Å². The number of carbonyl (C=O) groups excluding carboxylic acids is 2. The monoisotopic (exact) mass is 380 g/mol. The number of hydrogen-bond acceptors (Lipinski definition) is 5. The van der Waals surface area contributed by atoms with Crippen molar-refractivity contribution in [2.24, 2.45) is 17.8 Å². The molecule has 3 aliphatic heterocycles. The summed E-state index contributed by atoms with van der Waals surface area (Å²) in [6, 6.07) is 0.282. The Bertz CT molecular complexity index is 641. The number of aliphatic carboxylic acids is 1. The van der Waals surface area contributed by atoms with Crippen LogP contribution >= 0.6 is 11.8 Å². The first kappa shape index (κ1) is 19.4. The van der Waals surface area contributed by atoms with Gasteiger partial charge in [-0.3, -0.25) is 4.79 Å². The van der Waals surface area contributed by atoms with E-state index in [1.807, 2.05) is 13.8 Å². The maximum Gasteiger partial charge on any atom is 0.353 e. The Morgan fingerprint density at radius 3 is 2.69 bits per heavy atom. The molecular weight excluding hydrogens is 352 g/mol. The summed E-state index contributed by atoms with van der Waals surface area (Å²) in [5, 5.41) is 13.2. The smallest absolute Gasteiger partial charge is 0.353 e. The van der Waals surface area contributed by atoms with Crippen molar-refractivity contribution in [2.75, 3.05) is 12.3 Å². The predicted molar refractivity (Wildman–Crippen MR) is 101 cm³/mol. The molecule has 144 valence electrons. The van der Waals surface area contributed by atoms with E-state index in [-0.39, 0.29) is 41.2 Å². The molecule has 5 atom stereocenters. The van der Waals surface area contributed by atoms with Crippen LogP contribution in [0.4, 0.5) is 0 Å². The zero-order valence-electron chi connectivity index (χ0n) is 15.7. The van der Waals surface area contributed by atoms with Crippen LogP contribution in [0.1, 0.15) is 46.5 Å². The molecule has 0 radical (unpaired) electrons. The van der Waals surface area contributed by atoms with Gasteiger partial charge >= 0.3 is 5.97 Å². The van der Waals surface area contributed by atoms with Gasteiger partial charge < -0.3 is 20.1 Å². The van der Waals surface area contributed by atoms with Crippen LogP contribution in [0.15, 0.2) is 10.6 Å². The number of β-lactam (4-membered cyclic amide) rings is 1. The van der Waals surface area contributed by atoms with E-state index in [9.17, 15) is 19.5 Å². The summed E-state index contributed by atoms with van der Waals surface area (Å²) in [6.45, 7) is 6.49. The second-order valence-corrected chi connectivity index (χ2v) is 8.93. The van der Waals surface area contributed by atoms with E-state index in [1.165, 1.54) is 24.7 Å². The Morgan fingerprint density at radius 2 is 2.12 bits per heavy atom. The van der Waals surface area contributed by atoms with Crippen molar-refractivity contribution in [3.8, 4) is 0 Å². The number of thioether (sulfide) groups is 1. The summed E-state index contributed by atoms with van der Waals surface area (Å²) in [5.41, 5.74) is 0.166. The zero-order chi connectivity index (χ0) is 19.0. The zero-order valence-corrected chi connectivity index (χ0v) is 16.5. The highest BCUT2D eigenvalue weighted by atomic mass is 32.2. The average molecular weight is 381 g/mol. The number of piperidine rings is 1. The molecule has 0 bridgehead atoms. The Balaban J connectivity index is 1.75. The van der Waals surface area contributed by atoms with E-state index < -0.39 is 5.97 Å². The number of nitrogens with zero attached hydrogens (tertiary/aromatic N) is 1. The van der Waals surface area contributed by atoms with Crippen molar-refractivity contribution in [2.45, 2.75) is 58.5 Å². The second-order valence-electron chi connectivity index (χ2n) is 7.87. The van der Waals surface area contributed by atoms with Crippen LogP contribution in [0.5, 0.6) is 0 Å². The highest BCUT2D eigenvalue weighted by Gasteiger charge is 2.59. The molecule has 3 rings (SSSR count). The van der Waals surface area contributed by atoms with E-state index in [4.69, 9.17) is 0 Å². The van der Waals surface area contributed by atoms with Gasteiger partial charge in [0.25, 0.3) is 0 Å². The highest BCUT2D eigenvalue weighted by Crippen LogP contribution is 2.52. The number of ketones is 1. The summed E-state index contributed by atoms with van der Waals surface area (Å²) >= 11 is 1.59. The van der Waals surface area contributed by atoms with Gasteiger partial charge in [0.1, 0.15) is 11.5 Å².